The van der Waals surface area contributed by atoms with Crippen molar-refractivity contribution in [2.45, 2.75) is 6.18 Å². The van der Waals surface area contributed by atoms with Gasteiger partial charge in [0, 0.05) is 5.56 Å². The Bertz CT molecular complexity index is 1010. The number of fused-ring (bicyclic) bond motifs is 1. The zero-order chi connectivity index (χ0) is 19.1. The van der Waals surface area contributed by atoms with Crippen molar-refractivity contribution >= 4 is 28.5 Å². The average molecular weight is 371 g/mol. The second kappa shape index (κ2) is 6.26. The normalized spacial score (nSPS) is 12.6. The Morgan fingerprint density at radius 3 is 2.50 bits per heavy atom. The molecule has 0 unspecified atom stereocenters. The van der Waals surface area contributed by atoms with Crippen LogP contribution in [0.3, 0.4) is 0 Å². The van der Waals surface area contributed by atoms with Gasteiger partial charge in [0.2, 0.25) is 0 Å². The molecule has 0 saturated carbocycles. The largest absolute Gasteiger partial charge is 0.419 e. The first-order valence-electron chi connectivity index (χ1n) is 7.00. The Balaban J connectivity index is 2.15. The number of nitrogens with two attached hydrogens (primary N) is 1. The molecule has 5 N–H and O–H groups in total. The molecular formula is C15H10F5N5O. The smallest absolute Gasteiger partial charge is 0.369 e. The van der Waals surface area contributed by atoms with Gasteiger partial charge >= 0.3 is 6.18 Å². The summed E-state index contributed by atoms with van der Waals surface area (Å²) < 4.78 is 65.5. The summed E-state index contributed by atoms with van der Waals surface area (Å²) in [5, 5.41) is 9.32. The number of hydrogen-bond donors (Lipinski definition) is 4. The van der Waals surface area contributed by atoms with Crippen molar-refractivity contribution in [3.63, 3.8) is 0 Å². The number of nitrogens with zero attached hydrogens (tertiary/aromatic N) is 2. The Hall–Kier alpha value is -3.21. The molecule has 0 aliphatic rings. The lowest BCUT2D eigenvalue weighted by Gasteiger charge is -2.10. The van der Waals surface area contributed by atoms with E-state index in [4.69, 9.17) is 5.73 Å². The number of aliphatic imine (C=N–C) groups is 1. The number of halogens is 5. The van der Waals surface area contributed by atoms with Crippen molar-refractivity contribution < 1.29 is 27.2 Å². The first kappa shape index (κ1) is 17.6. The Morgan fingerprint density at radius 2 is 1.85 bits per heavy atom. The van der Waals surface area contributed by atoms with Crippen LogP contribution in [0.1, 0.15) is 11.1 Å². The quantitative estimate of drug-likeness (QED) is 0.240. The van der Waals surface area contributed by atoms with E-state index >= 15 is 0 Å². The van der Waals surface area contributed by atoms with Crippen molar-refractivity contribution in [3.8, 4) is 0 Å². The van der Waals surface area contributed by atoms with Crippen LogP contribution in [0.25, 0.3) is 11.0 Å². The van der Waals surface area contributed by atoms with Gasteiger partial charge in [-0.2, -0.15) is 13.2 Å². The molecule has 6 nitrogen and oxygen atoms in total. The number of imidazole rings is 1. The second-order valence-electron chi connectivity index (χ2n) is 5.17. The molecule has 2 aromatic carbocycles. The number of aromatic nitrogens is 2. The van der Waals surface area contributed by atoms with Crippen LogP contribution in [0, 0.1) is 11.6 Å². The van der Waals surface area contributed by atoms with Crippen LogP contribution < -0.4 is 11.2 Å². The van der Waals surface area contributed by atoms with Crippen LogP contribution in [0.15, 0.2) is 35.3 Å². The van der Waals surface area contributed by atoms with Gasteiger partial charge in [0.25, 0.3) is 0 Å². The third-order valence-corrected chi connectivity index (χ3v) is 3.47. The van der Waals surface area contributed by atoms with Crippen molar-refractivity contribution in [2.24, 2.45) is 4.99 Å². The molecule has 3 aromatic rings. The highest BCUT2D eigenvalue weighted by Gasteiger charge is 2.34. The standard InChI is InChI=1S/C15H10F5N5O/c16-9-3-1-6(5-8(9)15(18,19)20)22-13(25-26)7-2-4-10(17)12-11(7)23-14(21)24-12/h1-5,26H,(H,22,25)(H3,21,23,24). The van der Waals surface area contributed by atoms with Crippen molar-refractivity contribution in [3.05, 3.63) is 53.1 Å². The van der Waals surface area contributed by atoms with Crippen LogP contribution in [0.5, 0.6) is 0 Å². The number of amidine groups is 1. The van der Waals surface area contributed by atoms with E-state index in [9.17, 15) is 27.2 Å². The van der Waals surface area contributed by atoms with Crippen LogP contribution in [0.2, 0.25) is 0 Å². The first-order valence-corrected chi connectivity index (χ1v) is 7.00. The third kappa shape index (κ3) is 3.16. The fourth-order valence-corrected chi connectivity index (χ4v) is 2.35. The lowest BCUT2D eigenvalue weighted by molar-refractivity contribution is -0.139. The molecule has 136 valence electrons. The molecule has 1 heterocycles. The highest BCUT2D eigenvalue weighted by molar-refractivity contribution is 6.08. The summed E-state index contributed by atoms with van der Waals surface area (Å²) in [5.41, 5.74) is 5.43. The van der Waals surface area contributed by atoms with E-state index in [1.54, 1.807) is 5.48 Å². The molecule has 0 fully saturated rings. The van der Waals surface area contributed by atoms with Gasteiger partial charge < -0.3 is 10.7 Å². The van der Waals surface area contributed by atoms with Gasteiger partial charge in [0.05, 0.1) is 16.8 Å². The Kier molecular flexibility index (Phi) is 4.24. The summed E-state index contributed by atoms with van der Waals surface area (Å²) in [5.74, 6) is -2.58. The number of hydroxylamine groups is 1. The van der Waals surface area contributed by atoms with E-state index in [0.29, 0.717) is 12.1 Å². The number of nitrogen functional groups attached to an aromatic ring is 1. The summed E-state index contributed by atoms with van der Waals surface area (Å²) >= 11 is 0. The van der Waals surface area contributed by atoms with Crippen LogP contribution in [-0.2, 0) is 6.18 Å². The summed E-state index contributed by atoms with van der Waals surface area (Å²) in [4.78, 5) is 10.1. The average Bonchev–Trinajstić information content (AvgIpc) is 2.96. The van der Waals surface area contributed by atoms with Crippen molar-refractivity contribution in [1.29, 1.82) is 0 Å². The predicted octanol–water partition coefficient (Wildman–Crippen LogP) is 3.50. The number of alkyl halides is 3. The molecule has 0 atom stereocenters. The van der Waals surface area contributed by atoms with E-state index in [1.807, 2.05) is 0 Å². The van der Waals surface area contributed by atoms with Crippen LogP contribution >= 0.6 is 0 Å². The number of anilines is 1. The van der Waals surface area contributed by atoms with Gasteiger partial charge in [-0.1, -0.05) is 0 Å². The highest BCUT2D eigenvalue weighted by Crippen LogP contribution is 2.34. The van der Waals surface area contributed by atoms with Gasteiger partial charge in [-0.15, -0.1) is 0 Å². The Morgan fingerprint density at radius 1 is 1.15 bits per heavy atom. The summed E-state index contributed by atoms with van der Waals surface area (Å²) in [6, 6.07) is 4.31. The number of hydrogen-bond acceptors (Lipinski definition) is 4. The third-order valence-electron chi connectivity index (χ3n) is 3.47. The maximum atomic E-state index is 13.8. The van der Waals surface area contributed by atoms with Gasteiger partial charge in [0.1, 0.15) is 11.3 Å². The number of rotatable bonds is 2. The second-order valence-corrected chi connectivity index (χ2v) is 5.17. The van der Waals surface area contributed by atoms with Crippen LogP contribution in [-0.4, -0.2) is 21.0 Å². The van der Waals surface area contributed by atoms with E-state index in [-0.39, 0.29) is 34.1 Å². The zero-order valence-corrected chi connectivity index (χ0v) is 12.7. The molecular weight excluding hydrogens is 361 g/mol. The van der Waals surface area contributed by atoms with Crippen LogP contribution in [0.4, 0.5) is 33.6 Å². The number of H-pyrrole nitrogens is 1. The molecule has 0 radical (unpaired) electrons. The molecule has 0 saturated heterocycles. The summed E-state index contributed by atoms with van der Waals surface area (Å²) in [7, 11) is 0. The van der Waals surface area contributed by atoms with Gasteiger partial charge in [-0.05, 0) is 30.3 Å². The molecule has 0 spiro atoms. The molecule has 1 aromatic heterocycles. The molecule has 0 aliphatic heterocycles. The van der Waals surface area contributed by atoms with Gasteiger partial charge in [-0.3, -0.25) is 10.7 Å². The van der Waals surface area contributed by atoms with Gasteiger partial charge in [0.15, 0.2) is 17.6 Å². The van der Waals surface area contributed by atoms with E-state index in [0.717, 1.165) is 12.1 Å². The SMILES string of the molecule is Nc1nc2c(F)ccc(C(=Nc3ccc(F)c(C(F)(F)F)c3)NO)c2[nH]1. The topological polar surface area (TPSA) is 99.3 Å². The molecule has 0 bridgehead atoms. The molecule has 0 amide bonds. The fraction of sp³-hybridized carbons (Fsp3) is 0.0667. The van der Waals surface area contributed by atoms with Gasteiger partial charge in [-0.25, -0.2) is 18.8 Å². The van der Waals surface area contributed by atoms with E-state index in [2.05, 4.69) is 15.0 Å². The lowest BCUT2D eigenvalue weighted by atomic mass is 10.1. The number of aromatic amines is 1. The fourth-order valence-electron chi connectivity index (χ4n) is 2.35. The summed E-state index contributed by atoms with van der Waals surface area (Å²) in [6.07, 6.45) is -4.91. The van der Waals surface area contributed by atoms with Crippen molar-refractivity contribution in [1.82, 2.24) is 15.4 Å². The lowest BCUT2D eigenvalue weighted by Crippen LogP contribution is -2.20. The number of benzene rings is 2. The maximum Gasteiger partial charge on any atom is 0.419 e. The molecule has 3 rings (SSSR count). The predicted molar refractivity (Wildman–Crippen MR) is 83.0 cm³/mol. The Labute approximate surface area is 142 Å². The molecule has 26 heavy (non-hydrogen) atoms. The molecule has 11 heteroatoms. The van der Waals surface area contributed by atoms with E-state index in [1.165, 1.54) is 6.07 Å². The zero-order valence-electron chi connectivity index (χ0n) is 12.7. The maximum absolute atomic E-state index is 13.8. The highest BCUT2D eigenvalue weighted by atomic mass is 19.4. The minimum Gasteiger partial charge on any atom is -0.369 e. The monoisotopic (exact) mass is 371 g/mol. The minimum absolute atomic E-state index is 0.0703. The number of nitrogens with one attached hydrogen (secondary N) is 2. The molecule has 0 aliphatic carbocycles. The van der Waals surface area contributed by atoms with Crippen molar-refractivity contribution in [2.75, 3.05) is 5.73 Å². The van der Waals surface area contributed by atoms with E-state index < -0.39 is 23.4 Å². The first-order chi connectivity index (χ1) is 12.2. The minimum atomic E-state index is -4.91. The summed E-state index contributed by atoms with van der Waals surface area (Å²) in [6.45, 7) is 0.